The molecule has 7 aromatic carbocycles. The fraction of sp³-hybridized carbons (Fsp3) is 0. The summed E-state index contributed by atoms with van der Waals surface area (Å²) in [5.74, 6) is 0. The molecule has 8 aromatic rings. The van der Waals surface area contributed by atoms with Crippen molar-refractivity contribution in [2.75, 3.05) is 4.90 Å². The first kappa shape index (κ1) is 22.6. The number of hydrogen-bond donors (Lipinski definition) is 0. The van der Waals surface area contributed by atoms with Crippen LogP contribution in [0.3, 0.4) is 0 Å². The lowest BCUT2D eigenvalue weighted by atomic mass is 10.0. The zero-order chi connectivity index (χ0) is 26.5. The lowest BCUT2D eigenvalue weighted by Gasteiger charge is -2.26. The Labute approximate surface area is 232 Å². The van der Waals surface area contributed by atoms with E-state index < -0.39 is 0 Å². The van der Waals surface area contributed by atoms with Crippen molar-refractivity contribution in [3.63, 3.8) is 0 Å². The molecule has 0 atom stereocenters. The summed E-state index contributed by atoms with van der Waals surface area (Å²) in [6.45, 7) is 0. The van der Waals surface area contributed by atoms with E-state index in [0.29, 0.717) is 0 Å². The summed E-state index contributed by atoms with van der Waals surface area (Å²) < 4.78 is 6.44. The summed E-state index contributed by atoms with van der Waals surface area (Å²) >= 11 is 0. The molecule has 0 spiro atoms. The van der Waals surface area contributed by atoms with Gasteiger partial charge in [-0.2, -0.15) is 0 Å². The highest BCUT2D eigenvalue weighted by atomic mass is 16.3. The Hall–Kier alpha value is -5.34. The summed E-state index contributed by atoms with van der Waals surface area (Å²) in [5.41, 5.74) is 7.46. The number of furan rings is 1. The van der Waals surface area contributed by atoms with Crippen molar-refractivity contribution in [2.45, 2.75) is 0 Å². The molecule has 0 N–H and O–H groups in total. The molecule has 0 amide bonds. The quantitative estimate of drug-likeness (QED) is 0.234. The van der Waals surface area contributed by atoms with Crippen LogP contribution in [0.5, 0.6) is 0 Å². The van der Waals surface area contributed by atoms with Gasteiger partial charge in [0.05, 0.1) is 0 Å². The first-order chi connectivity index (χ1) is 19.8. The molecule has 1 heterocycles. The minimum atomic E-state index is 0.884. The van der Waals surface area contributed by atoms with Crippen molar-refractivity contribution in [1.82, 2.24) is 0 Å². The third-order valence-corrected chi connectivity index (χ3v) is 7.81. The van der Waals surface area contributed by atoms with E-state index in [1.54, 1.807) is 0 Å². The van der Waals surface area contributed by atoms with Crippen LogP contribution in [0.15, 0.2) is 156 Å². The standard InChI is InChI=1S/C38H25NO/c1-2-8-26(9-3-1)28-14-17-32(18-15-28)39(33-19-16-27-10-4-5-11-29(27)22-33)34-20-21-35-36-23-30-12-6-7-13-31(30)24-37(36)40-38(35)25-34/h1-25H. The third kappa shape index (κ3) is 3.81. The molecule has 0 unspecified atom stereocenters. The molecule has 8 rings (SSSR count). The zero-order valence-electron chi connectivity index (χ0n) is 21.8. The molecule has 0 aliphatic heterocycles. The lowest BCUT2D eigenvalue weighted by Crippen LogP contribution is -2.09. The molecular formula is C38H25NO. The largest absolute Gasteiger partial charge is 0.456 e. The molecule has 40 heavy (non-hydrogen) atoms. The SMILES string of the molecule is c1ccc(-c2ccc(N(c3ccc4ccccc4c3)c3ccc4c(c3)oc3cc5ccccc5cc34)cc2)cc1. The van der Waals surface area contributed by atoms with Gasteiger partial charge in [0.1, 0.15) is 11.2 Å². The monoisotopic (exact) mass is 511 g/mol. The highest BCUT2D eigenvalue weighted by Crippen LogP contribution is 2.40. The van der Waals surface area contributed by atoms with E-state index in [4.69, 9.17) is 4.42 Å². The van der Waals surface area contributed by atoms with Crippen molar-refractivity contribution in [2.24, 2.45) is 0 Å². The van der Waals surface area contributed by atoms with E-state index in [0.717, 1.165) is 39.0 Å². The molecule has 188 valence electrons. The van der Waals surface area contributed by atoms with E-state index in [1.165, 1.54) is 32.7 Å². The lowest BCUT2D eigenvalue weighted by molar-refractivity contribution is 0.669. The Bertz CT molecular complexity index is 2160. The van der Waals surface area contributed by atoms with Crippen LogP contribution < -0.4 is 4.90 Å². The number of fused-ring (bicyclic) bond motifs is 5. The van der Waals surface area contributed by atoms with Crippen molar-refractivity contribution in [1.29, 1.82) is 0 Å². The number of anilines is 3. The highest BCUT2D eigenvalue weighted by molar-refractivity contribution is 6.10. The van der Waals surface area contributed by atoms with Gasteiger partial charge in [-0.15, -0.1) is 0 Å². The maximum Gasteiger partial charge on any atom is 0.137 e. The molecule has 0 bridgehead atoms. The molecule has 0 saturated heterocycles. The molecule has 0 radical (unpaired) electrons. The second kappa shape index (κ2) is 9.14. The predicted molar refractivity (Wildman–Crippen MR) is 169 cm³/mol. The second-order valence-electron chi connectivity index (χ2n) is 10.3. The summed E-state index contributed by atoms with van der Waals surface area (Å²) in [4.78, 5) is 2.31. The van der Waals surface area contributed by atoms with Crippen LogP contribution in [0.4, 0.5) is 17.1 Å². The van der Waals surface area contributed by atoms with Gasteiger partial charge in [-0.05, 0) is 81.2 Å². The second-order valence-corrected chi connectivity index (χ2v) is 10.3. The van der Waals surface area contributed by atoms with Crippen LogP contribution in [-0.4, -0.2) is 0 Å². The Morgan fingerprint density at radius 1 is 0.350 bits per heavy atom. The number of rotatable bonds is 4. The smallest absolute Gasteiger partial charge is 0.137 e. The molecule has 1 aromatic heterocycles. The average Bonchev–Trinajstić information content (AvgIpc) is 3.37. The van der Waals surface area contributed by atoms with Gasteiger partial charge in [-0.25, -0.2) is 0 Å². The molecule has 2 nitrogen and oxygen atoms in total. The van der Waals surface area contributed by atoms with E-state index in [9.17, 15) is 0 Å². The van der Waals surface area contributed by atoms with Crippen LogP contribution in [0.25, 0.3) is 54.6 Å². The summed E-state index contributed by atoms with van der Waals surface area (Å²) in [7, 11) is 0. The summed E-state index contributed by atoms with van der Waals surface area (Å²) in [5, 5.41) is 7.11. The third-order valence-electron chi connectivity index (χ3n) is 7.81. The normalized spacial score (nSPS) is 11.5. The van der Waals surface area contributed by atoms with Gasteiger partial charge in [0.15, 0.2) is 0 Å². The fourth-order valence-electron chi connectivity index (χ4n) is 5.79. The van der Waals surface area contributed by atoms with Crippen LogP contribution >= 0.6 is 0 Å². The van der Waals surface area contributed by atoms with Gasteiger partial charge in [0.25, 0.3) is 0 Å². The van der Waals surface area contributed by atoms with Crippen molar-refractivity contribution < 1.29 is 4.42 Å². The van der Waals surface area contributed by atoms with Gasteiger partial charge in [-0.3, -0.25) is 0 Å². The van der Waals surface area contributed by atoms with Crippen LogP contribution in [0.1, 0.15) is 0 Å². The van der Waals surface area contributed by atoms with E-state index >= 15 is 0 Å². The molecule has 0 aliphatic rings. The Morgan fingerprint density at radius 3 is 1.68 bits per heavy atom. The van der Waals surface area contributed by atoms with Crippen molar-refractivity contribution in [3.05, 3.63) is 152 Å². The predicted octanol–water partition coefficient (Wildman–Crippen LogP) is 11.0. The van der Waals surface area contributed by atoms with Crippen molar-refractivity contribution >= 4 is 60.5 Å². The minimum Gasteiger partial charge on any atom is -0.456 e. The Balaban J connectivity index is 1.30. The average molecular weight is 512 g/mol. The van der Waals surface area contributed by atoms with Gasteiger partial charge in [0.2, 0.25) is 0 Å². The molecule has 2 heteroatoms. The summed E-state index contributed by atoms with van der Waals surface area (Å²) in [6.07, 6.45) is 0. The highest BCUT2D eigenvalue weighted by Gasteiger charge is 2.16. The van der Waals surface area contributed by atoms with Gasteiger partial charge >= 0.3 is 0 Å². The van der Waals surface area contributed by atoms with E-state index in [2.05, 4.69) is 157 Å². The van der Waals surface area contributed by atoms with E-state index in [1.807, 2.05) is 0 Å². The maximum absolute atomic E-state index is 6.44. The molecule has 0 aliphatic carbocycles. The molecule has 0 fully saturated rings. The Morgan fingerprint density at radius 2 is 0.900 bits per heavy atom. The molecular weight excluding hydrogens is 486 g/mol. The molecule has 0 saturated carbocycles. The first-order valence-electron chi connectivity index (χ1n) is 13.6. The zero-order valence-corrected chi connectivity index (χ0v) is 21.8. The van der Waals surface area contributed by atoms with Crippen LogP contribution in [-0.2, 0) is 0 Å². The fourth-order valence-corrected chi connectivity index (χ4v) is 5.79. The van der Waals surface area contributed by atoms with Crippen molar-refractivity contribution in [3.8, 4) is 11.1 Å². The van der Waals surface area contributed by atoms with Gasteiger partial charge < -0.3 is 9.32 Å². The minimum absolute atomic E-state index is 0.884. The van der Waals surface area contributed by atoms with Gasteiger partial charge in [-0.1, -0.05) is 97.1 Å². The number of nitrogens with zero attached hydrogens (tertiary/aromatic N) is 1. The van der Waals surface area contributed by atoms with Crippen LogP contribution in [0, 0.1) is 0 Å². The Kier molecular flexibility index (Phi) is 5.17. The van der Waals surface area contributed by atoms with Gasteiger partial charge in [0, 0.05) is 33.9 Å². The topological polar surface area (TPSA) is 16.4 Å². The number of hydrogen-bond acceptors (Lipinski definition) is 2. The van der Waals surface area contributed by atoms with Crippen LogP contribution in [0.2, 0.25) is 0 Å². The summed E-state index contributed by atoms with van der Waals surface area (Å²) in [6, 6.07) is 53.8. The first-order valence-corrected chi connectivity index (χ1v) is 13.6. The maximum atomic E-state index is 6.44. The number of benzene rings is 7. The van der Waals surface area contributed by atoms with E-state index in [-0.39, 0.29) is 0 Å².